The van der Waals surface area contributed by atoms with Crippen molar-refractivity contribution in [2.75, 3.05) is 17.2 Å². The Labute approximate surface area is 105 Å². The van der Waals surface area contributed by atoms with Crippen LogP contribution in [-0.4, -0.2) is 29.4 Å². The SMILES string of the molecule is CC(C)N(CC(N)=O)c1cc(C(N)=O)c(N)cn1. The number of hydrogen-bond donors (Lipinski definition) is 3. The summed E-state index contributed by atoms with van der Waals surface area (Å²) in [5, 5.41) is 0. The predicted molar refractivity (Wildman–Crippen MR) is 68.8 cm³/mol. The van der Waals surface area contributed by atoms with Gasteiger partial charge in [0.15, 0.2) is 0 Å². The number of anilines is 2. The molecule has 98 valence electrons. The first-order chi connectivity index (χ1) is 8.32. The topological polar surface area (TPSA) is 128 Å². The number of pyridine rings is 1. The second-order valence-electron chi connectivity index (χ2n) is 4.18. The molecule has 0 saturated heterocycles. The third-order valence-electron chi connectivity index (χ3n) is 2.43. The normalized spacial score (nSPS) is 10.4. The lowest BCUT2D eigenvalue weighted by Crippen LogP contribution is -2.39. The number of amides is 2. The maximum absolute atomic E-state index is 11.2. The molecule has 2 amide bonds. The highest BCUT2D eigenvalue weighted by Crippen LogP contribution is 2.19. The highest BCUT2D eigenvalue weighted by atomic mass is 16.1. The molecule has 0 atom stereocenters. The zero-order chi connectivity index (χ0) is 13.9. The van der Waals surface area contributed by atoms with Gasteiger partial charge in [0.05, 0.1) is 24.0 Å². The second-order valence-corrected chi connectivity index (χ2v) is 4.18. The fraction of sp³-hybridized carbons (Fsp3) is 0.364. The number of rotatable bonds is 5. The van der Waals surface area contributed by atoms with E-state index in [4.69, 9.17) is 17.2 Å². The average Bonchev–Trinajstić information content (AvgIpc) is 2.26. The van der Waals surface area contributed by atoms with Gasteiger partial charge in [0, 0.05) is 6.04 Å². The number of primary amides is 2. The summed E-state index contributed by atoms with van der Waals surface area (Å²) in [5.41, 5.74) is 16.3. The minimum Gasteiger partial charge on any atom is -0.397 e. The fourth-order valence-electron chi connectivity index (χ4n) is 1.52. The van der Waals surface area contributed by atoms with E-state index in [9.17, 15) is 9.59 Å². The average molecular weight is 251 g/mol. The first-order valence-corrected chi connectivity index (χ1v) is 5.43. The van der Waals surface area contributed by atoms with Gasteiger partial charge in [-0.2, -0.15) is 0 Å². The van der Waals surface area contributed by atoms with Gasteiger partial charge < -0.3 is 22.1 Å². The molecule has 0 unspecified atom stereocenters. The lowest BCUT2D eigenvalue weighted by molar-refractivity contribution is -0.116. The van der Waals surface area contributed by atoms with Crippen LogP contribution in [0.15, 0.2) is 12.3 Å². The Morgan fingerprint density at radius 3 is 2.44 bits per heavy atom. The zero-order valence-corrected chi connectivity index (χ0v) is 10.4. The molecule has 6 N–H and O–H groups in total. The third kappa shape index (κ3) is 3.09. The maximum Gasteiger partial charge on any atom is 0.250 e. The van der Waals surface area contributed by atoms with Gasteiger partial charge in [-0.3, -0.25) is 9.59 Å². The third-order valence-corrected chi connectivity index (χ3v) is 2.43. The highest BCUT2D eigenvalue weighted by Gasteiger charge is 2.17. The Hall–Kier alpha value is -2.31. The van der Waals surface area contributed by atoms with Gasteiger partial charge in [0.2, 0.25) is 5.91 Å². The van der Waals surface area contributed by atoms with Gasteiger partial charge in [-0.1, -0.05) is 0 Å². The molecular formula is C11H17N5O2. The Morgan fingerprint density at radius 2 is 2.00 bits per heavy atom. The van der Waals surface area contributed by atoms with Crippen LogP contribution in [0.2, 0.25) is 0 Å². The van der Waals surface area contributed by atoms with Crippen LogP contribution >= 0.6 is 0 Å². The second kappa shape index (κ2) is 5.35. The Bertz CT molecular complexity index is 473. The maximum atomic E-state index is 11.2. The molecule has 1 rings (SSSR count). The van der Waals surface area contributed by atoms with Gasteiger partial charge in [-0.15, -0.1) is 0 Å². The largest absolute Gasteiger partial charge is 0.397 e. The molecule has 18 heavy (non-hydrogen) atoms. The van der Waals surface area contributed by atoms with Gasteiger partial charge in [0.25, 0.3) is 5.91 Å². The van der Waals surface area contributed by atoms with E-state index >= 15 is 0 Å². The summed E-state index contributed by atoms with van der Waals surface area (Å²) in [5.74, 6) is -0.686. The van der Waals surface area contributed by atoms with E-state index in [2.05, 4.69) is 4.98 Å². The van der Waals surface area contributed by atoms with E-state index in [1.807, 2.05) is 13.8 Å². The fourth-order valence-corrected chi connectivity index (χ4v) is 1.52. The molecule has 0 fully saturated rings. The van der Waals surface area contributed by atoms with Crippen LogP contribution in [0.25, 0.3) is 0 Å². The molecule has 0 aliphatic rings. The van der Waals surface area contributed by atoms with E-state index < -0.39 is 11.8 Å². The summed E-state index contributed by atoms with van der Waals surface area (Å²) < 4.78 is 0. The molecule has 0 aliphatic carbocycles. The molecule has 0 bridgehead atoms. The number of carbonyl (C=O) groups is 2. The summed E-state index contributed by atoms with van der Waals surface area (Å²) >= 11 is 0. The molecule has 7 nitrogen and oxygen atoms in total. The van der Waals surface area contributed by atoms with E-state index in [1.54, 1.807) is 4.90 Å². The van der Waals surface area contributed by atoms with Crippen molar-refractivity contribution in [1.29, 1.82) is 0 Å². The smallest absolute Gasteiger partial charge is 0.250 e. The molecule has 0 spiro atoms. The zero-order valence-electron chi connectivity index (χ0n) is 10.4. The van der Waals surface area contributed by atoms with E-state index in [0.29, 0.717) is 5.82 Å². The van der Waals surface area contributed by atoms with Crippen LogP contribution in [0.5, 0.6) is 0 Å². The number of aromatic nitrogens is 1. The van der Waals surface area contributed by atoms with Crippen molar-refractivity contribution >= 4 is 23.3 Å². The van der Waals surface area contributed by atoms with Crippen molar-refractivity contribution in [1.82, 2.24) is 4.98 Å². The quantitative estimate of drug-likeness (QED) is 0.647. The predicted octanol–water partition coefficient (Wildman–Crippen LogP) is -0.537. The number of nitrogens with two attached hydrogens (primary N) is 3. The number of nitrogens with zero attached hydrogens (tertiary/aromatic N) is 2. The number of hydrogen-bond acceptors (Lipinski definition) is 5. The monoisotopic (exact) mass is 251 g/mol. The standard InChI is InChI=1S/C11H17N5O2/c1-6(2)16(5-9(13)17)10-3-7(11(14)18)8(12)4-15-10/h3-4,6H,5,12H2,1-2H3,(H2,13,17)(H2,14,18). The molecular weight excluding hydrogens is 234 g/mol. The van der Waals surface area contributed by atoms with Crippen LogP contribution in [0.3, 0.4) is 0 Å². The van der Waals surface area contributed by atoms with Crippen LogP contribution < -0.4 is 22.1 Å². The Kier molecular flexibility index (Phi) is 4.09. The lowest BCUT2D eigenvalue weighted by atomic mass is 10.2. The van der Waals surface area contributed by atoms with E-state index in [0.717, 1.165) is 0 Å². The van der Waals surface area contributed by atoms with Gasteiger partial charge >= 0.3 is 0 Å². The Morgan fingerprint density at radius 1 is 1.39 bits per heavy atom. The molecule has 0 aromatic carbocycles. The first-order valence-electron chi connectivity index (χ1n) is 5.43. The summed E-state index contributed by atoms with van der Waals surface area (Å²) in [4.78, 5) is 27.9. The van der Waals surface area contributed by atoms with Gasteiger partial charge in [-0.05, 0) is 19.9 Å². The molecule has 1 aromatic heterocycles. The molecule has 7 heteroatoms. The lowest BCUT2D eigenvalue weighted by Gasteiger charge is -2.26. The Balaban J connectivity index is 3.17. The van der Waals surface area contributed by atoms with Crippen LogP contribution in [0.4, 0.5) is 11.5 Å². The summed E-state index contributed by atoms with van der Waals surface area (Å²) in [6.07, 6.45) is 1.34. The van der Waals surface area contributed by atoms with Crippen molar-refractivity contribution in [2.45, 2.75) is 19.9 Å². The van der Waals surface area contributed by atoms with Crippen molar-refractivity contribution < 1.29 is 9.59 Å². The van der Waals surface area contributed by atoms with Crippen LogP contribution in [-0.2, 0) is 4.79 Å². The molecule has 1 heterocycles. The minimum absolute atomic E-state index is 0.00523. The number of carbonyl (C=O) groups excluding carboxylic acids is 2. The summed E-state index contributed by atoms with van der Waals surface area (Å²) in [6, 6.07) is 1.45. The van der Waals surface area contributed by atoms with Crippen molar-refractivity contribution in [3.05, 3.63) is 17.8 Å². The molecule has 0 aliphatic heterocycles. The molecule has 0 radical (unpaired) electrons. The summed E-state index contributed by atoms with van der Waals surface area (Å²) in [7, 11) is 0. The number of nitrogen functional groups attached to an aromatic ring is 1. The molecule has 0 saturated carbocycles. The molecule has 1 aromatic rings. The van der Waals surface area contributed by atoms with Crippen molar-refractivity contribution in [3.63, 3.8) is 0 Å². The van der Waals surface area contributed by atoms with Gasteiger partial charge in [-0.25, -0.2) is 4.98 Å². The van der Waals surface area contributed by atoms with E-state index in [-0.39, 0.29) is 23.8 Å². The first kappa shape index (κ1) is 13.8. The summed E-state index contributed by atoms with van der Waals surface area (Å²) in [6.45, 7) is 3.77. The minimum atomic E-state index is -0.640. The van der Waals surface area contributed by atoms with Crippen molar-refractivity contribution in [2.24, 2.45) is 11.5 Å². The highest BCUT2D eigenvalue weighted by molar-refractivity contribution is 5.98. The van der Waals surface area contributed by atoms with Crippen molar-refractivity contribution in [3.8, 4) is 0 Å². The van der Waals surface area contributed by atoms with Gasteiger partial charge in [0.1, 0.15) is 5.82 Å². The van der Waals surface area contributed by atoms with Crippen LogP contribution in [0.1, 0.15) is 24.2 Å². The van der Waals surface area contributed by atoms with E-state index in [1.165, 1.54) is 12.3 Å². The van der Waals surface area contributed by atoms with Crippen LogP contribution in [0, 0.1) is 0 Å².